The van der Waals surface area contributed by atoms with Crippen molar-refractivity contribution in [3.63, 3.8) is 0 Å². The lowest BCUT2D eigenvalue weighted by molar-refractivity contribution is -0.146. The first-order valence-corrected chi connectivity index (χ1v) is 5.20. The molecule has 1 amide bonds. The van der Waals surface area contributed by atoms with E-state index in [1.54, 1.807) is 6.92 Å². The summed E-state index contributed by atoms with van der Waals surface area (Å²) in [5.74, 6) is -2.14. The maximum absolute atomic E-state index is 11.6. The molecule has 3 N–H and O–H groups in total. The normalized spacial score (nSPS) is 27.3. The number of amides is 1. The highest BCUT2D eigenvalue weighted by Gasteiger charge is 2.37. The number of aliphatic hydroxyl groups is 1. The van der Waals surface area contributed by atoms with Crippen molar-refractivity contribution in [3.05, 3.63) is 0 Å². The van der Waals surface area contributed by atoms with Crippen LogP contribution >= 0.6 is 0 Å². The fourth-order valence-corrected chi connectivity index (χ4v) is 1.96. The van der Waals surface area contributed by atoms with Crippen molar-refractivity contribution < 1.29 is 19.8 Å². The number of hydrogen-bond acceptors (Lipinski definition) is 3. The number of carboxylic acid groups (broad SMARTS) is 1. The third-order valence-corrected chi connectivity index (χ3v) is 2.83. The summed E-state index contributed by atoms with van der Waals surface area (Å²) >= 11 is 0. The van der Waals surface area contributed by atoms with Gasteiger partial charge in [0.05, 0.1) is 18.4 Å². The van der Waals surface area contributed by atoms with Crippen LogP contribution in [0.2, 0.25) is 0 Å². The largest absolute Gasteiger partial charge is 0.481 e. The first-order valence-electron chi connectivity index (χ1n) is 5.20. The zero-order valence-corrected chi connectivity index (χ0v) is 8.77. The SMILES string of the molecule is C[C@H](CO)NC(=O)[C@@H]1CCC[C@@H]1C(=O)O. The zero-order valence-electron chi connectivity index (χ0n) is 8.77. The summed E-state index contributed by atoms with van der Waals surface area (Å²) in [4.78, 5) is 22.5. The lowest BCUT2D eigenvalue weighted by atomic mass is 9.95. The fraction of sp³-hybridized carbons (Fsp3) is 0.800. The Morgan fingerprint density at radius 3 is 2.53 bits per heavy atom. The van der Waals surface area contributed by atoms with Gasteiger partial charge in [0.15, 0.2) is 0 Å². The molecule has 86 valence electrons. The van der Waals surface area contributed by atoms with E-state index in [-0.39, 0.29) is 18.6 Å². The number of aliphatic hydroxyl groups excluding tert-OH is 1. The van der Waals surface area contributed by atoms with Crippen molar-refractivity contribution >= 4 is 11.9 Å². The van der Waals surface area contributed by atoms with Gasteiger partial charge in [-0.2, -0.15) is 0 Å². The average Bonchev–Trinajstić information content (AvgIpc) is 2.65. The summed E-state index contributed by atoms with van der Waals surface area (Å²) in [6, 6.07) is -0.312. The molecule has 5 heteroatoms. The van der Waals surface area contributed by atoms with Crippen LogP contribution < -0.4 is 5.32 Å². The topological polar surface area (TPSA) is 86.6 Å². The second kappa shape index (κ2) is 5.11. The lowest BCUT2D eigenvalue weighted by Crippen LogP contribution is -2.41. The van der Waals surface area contributed by atoms with Crippen LogP contribution in [0.5, 0.6) is 0 Å². The predicted molar refractivity (Wildman–Crippen MR) is 53.2 cm³/mol. The van der Waals surface area contributed by atoms with Gasteiger partial charge in [0.1, 0.15) is 0 Å². The summed E-state index contributed by atoms with van der Waals surface area (Å²) < 4.78 is 0. The highest BCUT2D eigenvalue weighted by molar-refractivity contribution is 5.85. The summed E-state index contributed by atoms with van der Waals surface area (Å²) in [6.07, 6.45) is 1.98. The molecule has 0 spiro atoms. The van der Waals surface area contributed by atoms with E-state index in [1.165, 1.54) is 0 Å². The van der Waals surface area contributed by atoms with Gasteiger partial charge in [-0.3, -0.25) is 9.59 Å². The maximum Gasteiger partial charge on any atom is 0.307 e. The predicted octanol–water partition coefficient (Wildman–Crippen LogP) is -0.0157. The van der Waals surface area contributed by atoms with E-state index in [1.807, 2.05) is 0 Å². The number of hydrogen-bond donors (Lipinski definition) is 3. The summed E-state index contributed by atoms with van der Waals surface area (Å²) in [6.45, 7) is 1.55. The van der Waals surface area contributed by atoms with Crippen LogP contribution in [-0.4, -0.2) is 34.7 Å². The summed E-state index contributed by atoms with van der Waals surface area (Å²) in [7, 11) is 0. The van der Waals surface area contributed by atoms with Crippen molar-refractivity contribution in [1.82, 2.24) is 5.32 Å². The lowest BCUT2D eigenvalue weighted by Gasteiger charge is -2.18. The molecule has 0 bridgehead atoms. The van der Waals surface area contributed by atoms with Crippen LogP contribution in [0.15, 0.2) is 0 Å². The molecule has 0 aromatic heterocycles. The second-order valence-corrected chi connectivity index (χ2v) is 4.07. The molecular weight excluding hydrogens is 198 g/mol. The molecule has 0 heterocycles. The number of rotatable bonds is 4. The molecule has 1 saturated carbocycles. The Morgan fingerprint density at radius 1 is 1.40 bits per heavy atom. The van der Waals surface area contributed by atoms with Crippen molar-refractivity contribution in [2.45, 2.75) is 32.2 Å². The molecule has 1 rings (SSSR count). The molecule has 1 aliphatic rings. The minimum atomic E-state index is -0.899. The Hall–Kier alpha value is -1.10. The minimum absolute atomic E-state index is 0.129. The Kier molecular flexibility index (Phi) is 4.08. The van der Waals surface area contributed by atoms with Gasteiger partial charge < -0.3 is 15.5 Å². The number of aliphatic carboxylic acids is 1. The molecule has 0 unspecified atom stereocenters. The smallest absolute Gasteiger partial charge is 0.307 e. The highest BCUT2D eigenvalue weighted by Crippen LogP contribution is 2.32. The molecule has 0 radical (unpaired) electrons. The third-order valence-electron chi connectivity index (χ3n) is 2.83. The van der Waals surface area contributed by atoms with Gasteiger partial charge in [0, 0.05) is 6.04 Å². The van der Waals surface area contributed by atoms with Crippen LogP contribution in [-0.2, 0) is 9.59 Å². The van der Waals surface area contributed by atoms with E-state index < -0.39 is 17.8 Å². The molecule has 3 atom stereocenters. The molecule has 0 aromatic rings. The molecule has 0 saturated heterocycles. The molecule has 1 fully saturated rings. The average molecular weight is 215 g/mol. The standard InChI is InChI=1S/C10H17NO4/c1-6(5-12)11-9(13)7-3-2-4-8(7)10(14)15/h6-8,12H,2-5H2,1H3,(H,11,13)(H,14,15)/t6-,7-,8+/m1/s1. The monoisotopic (exact) mass is 215 g/mol. The van der Waals surface area contributed by atoms with E-state index in [4.69, 9.17) is 10.2 Å². The van der Waals surface area contributed by atoms with E-state index in [0.717, 1.165) is 6.42 Å². The van der Waals surface area contributed by atoms with E-state index in [0.29, 0.717) is 12.8 Å². The van der Waals surface area contributed by atoms with Crippen LogP contribution in [0.1, 0.15) is 26.2 Å². The van der Waals surface area contributed by atoms with Crippen molar-refractivity contribution in [2.75, 3.05) is 6.61 Å². The van der Waals surface area contributed by atoms with Gasteiger partial charge in [0.2, 0.25) is 5.91 Å². The number of carbonyl (C=O) groups is 2. The first-order chi connectivity index (χ1) is 7.06. The second-order valence-electron chi connectivity index (χ2n) is 4.07. The van der Waals surface area contributed by atoms with Gasteiger partial charge in [-0.15, -0.1) is 0 Å². The Bertz CT molecular complexity index is 254. The highest BCUT2D eigenvalue weighted by atomic mass is 16.4. The molecule has 0 aromatic carbocycles. The Labute approximate surface area is 88.5 Å². The molecule has 0 aliphatic heterocycles. The molecular formula is C10H17NO4. The quantitative estimate of drug-likeness (QED) is 0.615. The number of nitrogens with one attached hydrogen (secondary N) is 1. The first kappa shape index (κ1) is 12.0. The van der Waals surface area contributed by atoms with Gasteiger partial charge in [0.25, 0.3) is 0 Å². The fourth-order valence-electron chi connectivity index (χ4n) is 1.96. The van der Waals surface area contributed by atoms with Crippen LogP contribution in [0.25, 0.3) is 0 Å². The van der Waals surface area contributed by atoms with Gasteiger partial charge in [-0.05, 0) is 19.8 Å². The molecule has 5 nitrogen and oxygen atoms in total. The van der Waals surface area contributed by atoms with E-state index >= 15 is 0 Å². The summed E-state index contributed by atoms with van der Waals surface area (Å²) in [5, 5.41) is 20.3. The number of carboxylic acids is 1. The molecule has 1 aliphatic carbocycles. The van der Waals surface area contributed by atoms with Crippen LogP contribution in [0.3, 0.4) is 0 Å². The maximum atomic E-state index is 11.6. The number of carbonyl (C=O) groups excluding carboxylic acids is 1. The van der Waals surface area contributed by atoms with Gasteiger partial charge in [-0.25, -0.2) is 0 Å². The molecule has 15 heavy (non-hydrogen) atoms. The van der Waals surface area contributed by atoms with Gasteiger partial charge >= 0.3 is 5.97 Å². The van der Waals surface area contributed by atoms with Crippen molar-refractivity contribution in [3.8, 4) is 0 Å². The van der Waals surface area contributed by atoms with E-state index in [2.05, 4.69) is 5.32 Å². The third kappa shape index (κ3) is 2.92. The summed E-state index contributed by atoms with van der Waals surface area (Å²) in [5.41, 5.74) is 0. The van der Waals surface area contributed by atoms with Crippen molar-refractivity contribution in [2.24, 2.45) is 11.8 Å². The van der Waals surface area contributed by atoms with Crippen LogP contribution in [0, 0.1) is 11.8 Å². The van der Waals surface area contributed by atoms with Gasteiger partial charge in [-0.1, -0.05) is 6.42 Å². The zero-order chi connectivity index (χ0) is 11.4. The van der Waals surface area contributed by atoms with Crippen molar-refractivity contribution in [1.29, 1.82) is 0 Å². The Balaban J connectivity index is 2.55. The minimum Gasteiger partial charge on any atom is -0.481 e. The van der Waals surface area contributed by atoms with Crippen LogP contribution in [0.4, 0.5) is 0 Å². The van der Waals surface area contributed by atoms with E-state index in [9.17, 15) is 9.59 Å². The Morgan fingerprint density at radius 2 is 2.00 bits per heavy atom.